The quantitative estimate of drug-likeness (QED) is 0.646. The lowest BCUT2D eigenvalue weighted by Crippen LogP contribution is -2.39. The van der Waals surface area contributed by atoms with Gasteiger partial charge in [-0.2, -0.15) is 4.98 Å². The zero-order valence-electron chi connectivity index (χ0n) is 14.6. The summed E-state index contributed by atoms with van der Waals surface area (Å²) in [5.74, 6) is 1.06. The zero-order valence-corrected chi connectivity index (χ0v) is 15.3. The SMILES string of the molecule is CC(Nc1ncc2nc(Nc3ccccc3Cl)n(C)c2n1)C(C)(C)O. The maximum Gasteiger partial charge on any atom is 0.225 e. The molecule has 3 N–H and O–H groups in total. The van der Waals surface area contributed by atoms with Gasteiger partial charge in [0, 0.05) is 7.05 Å². The molecule has 25 heavy (non-hydrogen) atoms. The Bertz CT molecular complexity index is 902. The van der Waals surface area contributed by atoms with Gasteiger partial charge >= 0.3 is 0 Å². The van der Waals surface area contributed by atoms with E-state index < -0.39 is 5.60 Å². The fourth-order valence-electron chi connectivity index (χ4n) is 2.22. The van der Waals surface area contributed by atoms with Gasteiger partial charge in [-0.05, 0) is 32.9 Å². The molecule has 1 atom stereocenters. The van der Waals surface area contributed by atoms with Crippen molar-refractivity contribution in [3.8, 4) is 0 Å². The van der Waals surface area contributed by atoms with Crippen molar-refractivity contribution in [2.45, 2.75) is 32.4 Å². The van der Waals surface area contributed by atoms with Crippen molar-refractivity contribution in [3.63, 3.8) is 0 Å². The molecule has 0 aliphatic rings. The standard InChI is InChI=1S/C17H21ClN6O/c1-10(17(2,3)25)20-15-19-9-13-14(23-15)24(4)16(22-13)21-12-8-6-5-7-11(12)18/h5-10,25H,1-4H3,(H,21,22)(H,19,20,23). The van der Waals surface area contributed by atoms with Crippen molar-refractivity contribution in [1.82, 2.24) is 19.5 Å². The monoisotopic (exact) mass is 360 g/mol. The number of hydrogen-bond acceptors (Lipinski definition) is 6. The molecule has 0 radical (unpaired) electrons. The Kier molecular flexibility index (Phi) is 4.53. The minimum Gasteiger partial charge on any atom is -0.388 e. The molecule has 0 bridgehead atoms. The van der Waals surface area contributed by atoms with Crippen molar-refractivity contribution in [2.24, 2.45) is 7.05 Å². The van der Waals surface area contributed by atoms with E-state index in [0.717, 1.165) is 5.69 Å². The summed E-state index contributed by atoms with van der Waals surface area (Å²) in [4.78, 5) is 13.3. The van der Waals surface area contributed by atoms with E-state index in [4.69, 9.17) is 11.6 Å². The first-order valence-corrected chi connectivity index (χ1v) is 8.33. The highest BCUT2D eigenvalue weighted by Crippen LogP contribution is 2.26. The average Bonchev–Trinajstić information content (AvgIpc) is 2.85. The molecule has 132 valence electrons. The smallest absolute Gasteiger partial charge is 0.225 e. The number of imidazole rings is 1. The summed E-state index contributed by atoms with van der Waals surface area (Å²) in [6.45, 7) is 5.35. The van der Waals surface area contributed by atoms with E-state index in [1.165, 1.54) is 0 Å². The predicted octanol–water partition coefficient (Wildman–Crippen LogP) is 3.33. The first kappa shape index (κ1) is 17.4. The van der Waals surface area contributed by atoms with Crippen LogP contribution in [0.3, 0.4) is 0 Å². The van der Waals surface area contributed by atoms with Crippen molar-refractivity contribution in [3.05, 3.63) is 35.5 Å². The number of hydrogen-bond donors (Lipinski definition) is 3. The number of halogens is 1. The van der Waals surface area contributed by atoms with Crippen LogP contribution in [0, 0.1) is 0 Å². The van der Waals surface area contributed by atoms with Gasteiger partial charge in [0.05, 0.1) is 28.5 Å². The number of para-hydroxylation sites is 1. The molecule has 0 aliphatic carbocycles. The molecule has 2 aromatic heterocycles. The van der Waals surface area contributed by atoms with Crippen LogP contribution >= 0.6 is 11.6 Å². The average molecular weight is 361 g/mol. The van der Waals surface area contributed by atoms with Crippen LogP contribution in [-0.4, -0.2) is 36.3 Å². The maximum absolute atomic E-state index is 10.1. The lowest BCUT2D eigenvalue weighted by Gasteiger charge is -2.26. The summed E-state index contributed by atoms with van der Waals surface area (Å²) in [6, 6.07) is 7.25. The van der Waals surface area contributed by atoms with Gasteiger partial charge in [-0.25, -0.2) is 9.97 Å². The molecule has 1 aromatic carbocycles. The molecular weight excluding hydrogens is 340 g/mol. The van der Waals surface area contributed by atoms with Gasteiger partial charge in [0.1, 0.15) is 5.52 Å². The minimum absolute atomic E-state index is 0.209. The fraction of sp³-hybridized carbons (Fsp3) is 0.353. The van der Waals surface area contributed by atoms with Crippen LogP contribution in [0.5, 0.6) is 0 Å². The van der Waals surface area contributed by atoms with E-state index in [-0.39, 0.29) is 6.04 Å². The molecule has 8 heteroatoms. The number of nitrogens with one attached hydrogen (secondary N) is 2. The van der Waals surface area contributed by atoms with Crippen LogP contribution in [-0.2, 0) is 7.05 Å². The third kappa shape index (κ3) is 3.67. The Hall–Kier alpha value is -2.38. The molecule has 0 spiro atoms. The van der Waals surface area contributed by atoms with Gasteiger partial charge in [0.25, 0.3) is 0 Å². The molecule has 3 rings (SSSR count). The topological polar surface area (TPSA) is 87.9 Å². The highest BCUT2D eigenvalue weighted by molar-refractivity contribution is 6.33. The first-order chi connectivity index (χ1) is 11.8. The molecule has 0 amide bonds. The van der Waals surface area contributed by atoms with Crippen LogP contribution in [0.15, 0.2) is 30.5 Å². The molecule has 0 fully saturated rings. The lowest BCUT2D eigenvalue weighted by atomic mass is 10.0. The van der Waals surface area contributed by atoms with Gasteiger partial charge in [-0.15, -0.1) is 0 Å². The Labute approximate surface area is 151 Å². The van der Waals surface area contributed by atoms with Gasteiger partial charge in [0.2, 0.25) is 11.9 Å². The largest absolute Gasteiger partial charge is 0.388 e. The van der Waals surface area contributed by atoms with Crippen molar-refractivity contribution >= 4 is 40.3 Å². The Morgan fingerprint density at radius 2 is 1.96 bits per heavy atom. The van der Waals surface area contributed by atoms with E-state index in [2.05, 4.69) is 25.6 Å². The molecule has 1 unspecified atom stereocenters. The van der Waals surface area contributed by atoms with Crippen LogP contribution in [0.25, 0.3) is 11.2 Å². The molecule has 0 saturated carbocycles. The zero-order chi connectivity index (χ0) is 18.2. The van der Waals surface area contributed by atoms with E-state index in [9.17, 15) is 5.11 Å². The Balaban J connectivity index is 1.91. The summed E-state index contributed by atoms with van der Waals surface area (Å²) >= 11 is 6.19. The second-order valence-electron chi connectivity index (χ2n) is 6.52. The molecule has 0 aliphatic heterocycles. The number of nitrogens with zero attached hydrogens (tertiary/aromatic N) is 4. The van der Waals surface area contributed by atoms with E-state index in [1.807, 2.05) is 42.8 Å². The van der Waals surface area contributed by atoms with Gasteiger partial charge in [-0.1, -0.05) is 23.7 Å². The highest BCUT2D eigenvalue weighted by Gasteiger charge is 2.23. The number of aliphatic hydroxyl groups is 1. The number of aromatic nitrogens is 4. The van der Waals surface area contributed by atoms with E-state index in [1.54, 1.807) is 20.0 Å². The molecule has 7 nitrogen and oxygen atoms in total. The second kappa shape index (κ2) is 6.50. The van der Waals surface area contributed by atoms with Crippen LogP contribution in [0.4, 0.5) is 17.6 Å². The number of rotatable bonds is 5. The lowest BCUT2D eigenvalue weighted by molar-refractivity contribution is 0.0646. The number of aryl methyl sites for hydroxylation is 1. The predicted molar refractivity (Wildman–Crippen MR) is 100 cm³/mol. The van der Waals surface area contributed by atoms with Gasteiger partial charge in [-0.3, -0.25) is 4.57 Å². The summed E-state index contributed by atoms with van der Waals surface area (Å²) in [5, 5.41) is 17.0. The van der Waals surface area contributed by atoms with Crippen LogP contribution < -0.4 is 10.6 Å². The molecular formula is C17H21ClN6O. The molecule has 3 aromatic rings. The molecule has 2 heterocycles. The van der Waals surface area contributed by atoms with Crippen molar-refractivity contribution < 1.29 is 5.11 Å². The minimum atomic E-state index is -0.887. The number of fused-ring (bicyclic) bond motifs is 1. The molecule has 0 saturated heterocycles. The summed E-state index contributed by atoms with van der Waals surface area (Å²) in [7, 11) is 1.87. The van der Waals surface area contributed by atoms with E-state index >= 15 is 0 Å². The third-order valence-electron chi connectivity index (χ3n) is 4.14. The highest BCUT2D eigenvalue weighted by atomic mass is 35.5. The van der Waals surface area contributed by atoms with E-state index in [0.29, 0.717) is 28.1 Å². The van der Waals surface area contributed by atoms with Crippen molar-refractivity contribution in [1.29, 1.82) is 0 Å². The first-order valence-electron chi connectivity index (χ1n) is 7.95. The Morgan fingerprint density at radius 1 is 1.24 bits per heavy atom. The van der Waals surface area contributed by atoms with Gasteiger partial charge < -0.3 is 15.7 Å². The van der Waals surface area contributed by atoms with Crippen LogP contribution in [0.1, 0.15) is 20.8 Å². The summed E-state index contributed by atoms with van der Waals surface area (Å²) in [5.41, 5.74) is 1.22. The summed E-state index contributed by atoms with van der Waals surface area (Å²) in [6.07, 6.45) is 1.65. The maximum atomic E-state index is 10.1. The summed E-state index contributed by atoms with van der Waals surface area (Å²) < 4.78 is 1.83. The second-order valence-corrected chi connectivity index (χ2v) is 6.93. The number of anilines is 3. The van der Waals surface area contributed by atoms with Gasteiger partial charge in [0.15, 0.2) is 5.65 Å². The Morgan fingerprint density at radius 3 is 2.64 bits per heavy atom. The third-order valence-corrected chi connectivity index (χ3v) is 4.47. The number of benzene rings is 1. The van der Waals surface area contributed by atoms with Crippen molar-refractivity contribution in [2.75, 3.05) is 10.6 Å². The normalized spacial score (nSPS) is 13.0. The van der Waals surface area contributed by atoms with Crippen LogP contribution in [0.2, 0.25) is 5.02 Å². The fourth-order valence-corrected chi connectivity index (χ4v) is 2.40.